The van der Waals surface area contributed by atoms with E-state index in [9.17, 15) is 10.1 Å². The second kappa shape index (κ2) is 9.41. The van der Waals surface area contributed by atoms with Crippen molar-refractivity contribution in [1.29, 1.82) is 0 Å². The zero-order valence-electron chi connectivity index (χ0n) is 16.6. The standard InChI is InChI=1S/C23H24ClN3O3/c24-17-9-10-21-20(13-17)23(22(15-25-21)27(28)29)26-18-11-12-30-19(14-18)8-4-7-16-5-2-1-3-6-16/h1-3,5-6,9-10,13,15,18-19H,4,7-8,11-12,14H2,(H,25,26)/t18-,19-/m1/s1. The summed E-state index contributed by atoms with van der Waals surface area (Å²) in [6.07, 6.45) is 6.13. The molecule has 0 spiro atoms. The van der Waals surface area contributed by atoms with Gasteiger partial charge in [-0.05, 0) is 55.9 Å². The number of rotatable bonds is 7. The van der Waals surface area contributed by atoms with E-state index >= 15 is 0 Å². The number of pyridine rings is 1. The molecule has 1 aliphatic rings. The number of aromatic nitrogens is 1. The Labute approximate surface area is 180 Å². The molecule has 0 amide bonds. The third-order valence-corrected chi connectivity index (χ3v) is 5.79. The van der Waals surface area contributed by atoms with Crippen LogP contribution in [0.4, 0.5) is 11.4 Å². The Morgan fingerprint density at radius 2 is 2.07 bits per heavy atom. The Balaban J connectivity index is 1.46. The van der Waals surface area contributed by atoms with E-state index in [-0.39, 0.29) is 17.8 Å². The first-order valence-electron chi connectivity index (χ1n) is 10.2. The van der Waals surface area contributed by atoms with E-state index in [0.717, 1.165) is 32.1 Å². The van der Waals surface area contributed by atoms with E-state index < -0.39 is 4.92 Å². The van der Waals surface area contributed by atoms with E-state index in [2.05, 4.69) is 34.6 Å². The molecule has 0 aliphatic carbocycles. The van der Waals surface area contributed by atoms with Crippen LogP contribution in [0.1, 0.15) is 31.2 Å². The first-order valence-corrected chi connectivity index (χ1v) is 10.6. The third-order valence-electron chi connectivity index (χ3n) is 5.56. The second-order valence-electron chi connectivity index (χ2n) is 7.67. The monoisotopic (exact) mass is 425 g/mol. The van der Waals surface area contributed by atoms with Crippen molar-refractivity contribution in [1.82, 2.24) is 4.98 Å². The molecule has 0 bridgehead atoms. The van der Waals surface area contributed by atoms with Crippen molar-refractivity contribution >= 4 is 33.9 Å². The summed E-state index contributed by atoms with van der Waals surface area (Å²) >= 11 is 6.15. The minimum Gasteiger partial charge on any atom is -0.378 e. The van der Waals surface area contributed by atoms with Gasteiger partial charge in [-0.25, -0.2) is 4.98 Å². The number of hydrogen-bond donors (Lipinski definition) is 1. The molecule has 2 heterocycles. The minimum atomic E-state index is -0.396. The number of benzene rings is 2. The lowest BCUT2D eigenvalue weighted by Crippen LogP contribution is -2.34. The average molecular weight is 426 g/mol. The summed E-state index contributed by atoms with van der Waals surface area (Å²) in [6, 6.07) is 15.8. The Kier molecular flexibility index (Phi) is 6.45. The van der Waals surface area contributed by atoms with Gasteiger partial charge < -0.3 is 10.1 Å². The van der Waals surface area contributed by atoms with Gasteiger partial charge in [0, 0.05) is 23.1 Å². The molecule has 1 aromatic heterocycles. The van der Waals surface area contributed by atoms with Crippen LogP contribution in [-0.4, -0.2) is 28.7 Å². The Morgan fingerprint density at radius 1 is 1.23 bits per heavy atom. The number of nitrogens with one attached hydrogen (secondary N) is 1. The van der Waals surface area contributed by atoms with Crippen molar-refractivity contribution in [3.05, 3.63) is 75.4 Å². The molecular weight excluding hydrogens is 402 g/mol. The summed E-state index contributed by atoms with van der Waals surface area (Å²) in [6.45, 7) is 0.644. The topological polar surface area (TPSA) is 77.3 Å². The summed E-state index contributed by atoms with van der Waals surface area (Å²) in [5.74, 6) is 0. The quantitative estimate of drug-likeness (QED) is 0.383. The van der Waals surface area contributed by atoms with Crippen molar-refractivity contribution in [2.75, 3.05) is 11.9 Å². The van der Waals surface area contributed by atoms with Gasteiger partial charge in [0.2, 0.25) is 0 Å². The Hall–Kier alpha value is -2.70. The van der Waals surface area contributed by atoms with Gasteiger partial charge in [-0.15, -0.1) is 0 Å². The Bertz CT molecular complexity index is 1030. The highest BCUT2D eigenvalue weighted by Gasteiger charge is 2.26. The van der Waals surface area contributed by atoms with Crippen LogP contribution in [-0.2, 0) is 11.2 Å². The van der Waals surface area contributed by atoms with Crippen LogP contribution in [0.25, 0.3) is 10.9 Å². The van der Waals surface area contributed by atoms with Gasteiger partial charge in [-0.2, -0.15) is 0 Å². The largest absolute Gasteiger partial charge is 0.378 e. The molecule has 1 N–H and O–H groups in total. The predicted molar refractivity (Wildman–Crippen MR) is 119 cm³/mol. The van der Waals surface area contributed by atoms with Gasteiger partial charge in [0.25, 0.3) is 0 Å². The molecule has 0 radical (unpaired) electrons. The second-order valence-corrected chi connectivity index (χ2v) is 8.11. The SMILES string of the molecule is O=[N+]([O-])c1cnc2ccc(Cl)cc2c1N[C@@H]1CCO[C@H](CCCc2ccccc2)C1. The zero-order chi connectivity index (χ0) is 20.9. The summed E-state index contributed by atoms with van der Waals surface area (Å²) in [5, 5.41) is 16.2. The highest BCUT2D eigenvalue weighted by atomic mass is 35.5. The van der Waals surface area contributed by atoms with E-state index in [1.807, 2.05) is 6.07 Å². The molecule has 156 valence electrons. The van der Waals surface area contributed by atoms with Crippen LogP contribution in [0.15, 0.2) is 54.7 Å². The fourth-order valence-electron chi connectivity index (χ4n) is 4.04. The van der Waals surface area contributed by atoms with Crippen LogP contribution < -0.4 is 5.32 Å². The molecule has 7 heteroatoms. The third kappa shape index (κ3) is 4.89. The van der Waals surface area contributed by atoms with E-state index in [1.165, 1.54) is 11.8 Å². The molecule has 2 aromatic carbocycles. The number of ether oxygens (including phenoxy) is 1. The molecule has 0 unspecified atom stereocenters. The molecule has 1 fully saturated rings. The molecule has 0 saturated carbocycles. The molecular formula is C23H24ClN3O3. The summed E-state index contributed by atoms with van der Waals surface area (Å²) in [7, 11) is 0. The van der Waals surface area contributed by atoms with Crippen LogP contribution in [0.2, 0.25) is 5.02 Å². The molecule has 6 nitrogen and oxygen atoms in total. The van der Waals surface area contributed by atoms with Crippen LogP contribution in [0.5, 0.6) is 0 Å². The summed E-state index contributed by atoms with van der Waals surface area (Å²) in [5.41, 5.74) is 2.47. The maximum atomic E-state index is 11.6. The maximum absolute atomic E-state index is 11.6. The number of fused-ring (bicyclic) bond motifs is 1. The minimum absolute atomic E-state index is 0.0307. The van der Waals surface area contributed by atoms with Crippen LogP contribution in [0.3, 0.4) is 0 Å². The molecule has 1 aliphatic heterocycles. The number of nitrogens with zero attached hydrogens (tertiary/aromatic N) is 2. The summed E-state index contributed by atoms with van der Waals surface area (Å²) in [4.78, 5) is 15.4. The van der Waals surface area contributed by atoms with Crippen molar-refractivity contribution in [3.8, 4) is 0 Å². The number of anilines is 1. The van der Waals surface area contributed by atoms with E-state index in [4.69, 9.17) is 16.3 Å². The maximum Gasteiger partial charge on any atom is 0.311 e. The van der Waals surface area contributed by atoms with Gasteiger partial charge in [0.05, 0.1) is 16.5 Å². The molecule has 2 atom stereocenters. The lowest BCUT2D eigenvalue weighted by atomic mass is 9.97. The van der Waals surface area contributed by atoms with Gasteiger partial charge in [0.15, 0.2) is 0 Å². The van der Waals surface area contributed by atoms with Gasteiger partial charge >= 0.3 is 5.69 Å². The first kappa shape index (κ1) is 20.6. The fraction of sp³-hybridized carbons (Fsp3) is 0.348. The zero-order valence-corrected chi connectivity index (χ0v) is 17.3. The fourth-order valence-corrected chi connectivity index (χ4v) is 4.21. The van der Waals surface area contributed by atoms with Crippen molar-refractivity contribution in [2.24, 2.45) is 0 Å². The summed E-state index contributed by atoms with van der Waals surface area (Å²) < 4.78 is 5.96. The molecule has 4 rings (SSSR count). The highest BCUT2D eigenvalue weighted by molar-refractivity contribution is 6.31. The van der Waals surface area contributed by atoms with Crippen LogP contribution in [0, 0.1) is 10.1 Å². The molecule has 1 saturated heterocycles. The van der Waals surface area contributed by atoms with Crippen molar-refractivity contribution in [2.45, 2.75) is 44.2 Å². The van der Waals surface area contributed by atoms with E-state index in [0.29, 0.717) is 28.2 Å². The smallest absolute Gasteiger partial charge is 0.311 e. The van der Waals surface area contributed by atoms with Gasteiger partial charge in [0.1, 0.15) is 11.9 Å². The lowest BCUT2D eigenvalue weighted by molar-refractivity contribution is -0.384. The normalized spacial score (nSPS) is 19.0. The first-order chi connectivity index (χ1) is 14.6. The number of nitro groups is 1. The van der Waals surface area contributed by atoms with Crippen molar-refractivity contribution < 1.29 is 9.66 Å². The number of halogens is 1. The van der Waals surface area contributed by atoms with Gasteiger partial charge in [-0.1, -0.05) is 41.9 Å². The van der Waals surface area contributed by atoms with Gasteiger partial charge in [-0.3, -0.25) is 10.1 Å². The lowest BCUT2D eigenvalue weighted by Gasteiger charge is -2.31. The average Bonchev–Trinajstić information content (AvgIpc) is 2.75. The molecule has 30 heavy (non-hydrogen) atoms. The Morgan fingerprint density at radius 3 is 2.87 bits per heavy atom. The number of hydrogen-bond acceptors (Lipinski definition) is 5. The number of aryl methyl sites for hydroxylation is 1. The van der Waals surface area contributed by atoms with Crippen molar-refractivity contribution in [3.63, 3.8) is 0 Å². The predicted octanol–water partition coefficient (Wildman–Crippen LogP) is 5.78. The molecule has 3 aromatic rings. The highest BCUT2D eigenvalue weighted by Crippen LogP contribution is 2.35. The van der Waals surface area contributed by atoms with E-state index in [1.54, 1.807) is 18.2 Å². The van der Waals surface area contributed by atoms with Crippen LogP contribution >= 0.6 is 11.6 Å².